The van der Waals surface area contributed by atoms with Gasteiger partial charge in [-0.15, -0.1) is 0 Å². The predicted octanol–water partition coefficient (Wildman–Crippen LogP) is 0.283. The summed E-state index contributed by atoms with van der Waals surface area (Å²) in [6.07, 6.45) is -0.378. The van der Waals surface area contributed by atoms with Crippen LogP contribution >= 0.6 is 0 Å². The molecular formula is C13H15FN2O5. The van der Waals surface area contributed by atoms with Gasteiger partial charge in [-0.05, 0) is 18.6 Å². The monoisotopic (exact) mass is 298 g/mol. The van der Waals surface area contributed by atoms with Crippen LogP contribution in [0.2, 0.25) is 0 Å². The number of rotatable bonds is 7. The number of carbonyl (C=O) groups is 3. The number of nitrogens with two attached hydrogens (primary N) is 1. The second-order valence-corrected chi connectivity index (χ2v) is 4.22. The Labute approximate surface area is 119 Å². The minimum atomic E-state index is -1.33. The lowest BCUT2D eigenvalue weighted by Crippen LogP contribution is -2.41. The van der Waals surface area contributed by atoms with Crippen LogP contribution in [0.3, 0.4) is 0 Å². The molecule has 0 radical (unpaired) electrons. The molecule has 0 saturated heterocycles. The molecule has 8 heteroatoms. The van der Waals surface area contributed by atoms with Crippen molar-refractivity contribution < 1.29 is 28.6 Å². The van der Waals surface area contributed by atoms with Crippen molar-refractivity contribution in [2.75, 3.05) is 7.11 Å². The summed E-state index contributed by atoms with van der Waals surface area (Å²) in [4.78, 5) is 33.5. The summed E-state index contributed by atoms with van der Waals surface area (Å²) >= 11 is 0. The average molecular weight is 298 g/mol. The molecule has 0 bridgehead atoms. The van der Waals surface area contributed by atoms with Gasteiger partial charge in [0.1, 0.15) is 17.6 Å². The highest BCUT2D eigenvalue weighted by Gasteiger charge is 2.22. The number of carboxylic acid groups (broad SMARTS) is 1. The highest BCUT2D eigenvalue weighted by Crippen LogP contribution is 2.16. The zero-order valence-electron chi connectivity index (χ0n) is 11.3. The molecule has 0 aliphatic rings. The van der Waals surface area contributed by atoms with Gasteiger partial charge in [-0.25, -0.2) is 9.18 Å². The van der Waals surface area contributed by atoms with Crippen LogP contribution in [0, 0.1) is 5.82 Å². The van der Waals surface area contributed by atoms with Crippen LogP contribution in [0.15, 0.2) is 18.2 Å². The number of carboxylic acids is 1. The molecule has 0 aromatic heterocycles. The lowest BCUT2D eigenvalue weighted by atomic mass is 10.1. The maximum atomic E-state index is 13.7. The van der Waals surface area contributed by atoms with Gasteiger partial charge in [0.2, 0.25) is 5.91 Å². The van der Waals surface area contributed by atoms with E-state index in [1.807, 2.05) is 0 Å². The van der Waals surface area contributed by atoms with Crippen LogP contribution in [-0.2, 0) is 9.59 Å². The Bertz CT molecular complexity index is 561. The number of aliphatic carboxylic acids is 1. The fourth-order valence-electron chi connectivity index (χ4n) is 1.59. The number of halogens is 1. The van der Waals surface area contributed by atoms with E-state index in [2.05, 4.69) is 5.32 Å². The molecule has 1 rings (SSSR count). The SMILES string of the molecule is COc1ccc(C(=O)N[C@@H](CCC(N)=O)C(=O)O)c(F)c1. The molecule has 0 fully saturated rings. The molecule has 1 aromatic carbocycles. The summed E-state index contributed by atoms with van der Waals surface area (Å²) < 4.78 is 18.5. The first kappa shape index (κ1) is 16.4. The molecule has 0 unspecified atom stereocenters. The zero-order chi connectivity index (χ0) is 16.0. The van der Waals surface area contributed by atoms with Gasteiger partial charge in [-0.2, -0.15) is 0 Å². The van der Waals surface area contributed by atoms with E-state index in [-0.39, 0.29) is 24.2 Å². The van der Waals surface area contributed by atoms with E-state index in [1.54, 1.807) is 0 Å². The maximum Gasteiger partial charge on any atom is 0.326 e. The Balaban J connectivity index is 2.82. The van der Waals surface area contributed by atoms with Crippen LogP contribution in [0.5, 0.6) is 5.75 Å². The van der Waals surface area contributed by atoms with Gasteiger partial charge >= 0.3 is 5.97 Å². The minimum Gasteiger partial charge on any atom is -0.497 e. The van der Waals surface area contributed by atoms with Crippen molar-refractivity contribution in [3.8, 4) is 5.75 Å². The Kier molecular flexibility index (Phi) is 5.65. The number of carbonyl (C=O) groups excluding carboxylic acids is 2. The fraction of sp³-hybridized carbons (Fsp3) is 0.308. The normalized spacial score (nSPS) is 11.5. The molecule has 4 N–H and O–H groups in total. The van der Waals surface area contributed by atoms with Crippen LogP contribution in [0.25, 0.3) is 0 Å². The number of amides is 2. The molecular weight excluding hydrogens is 283 g/mol. The summed E-state index contributed by atoms with van der Waals surface area (Å²) in [5, 5.41) is 11.1. The molecule has 0 aliphatic carbocycles. The second kappa shape index (κ2) is 7.22. The molecule has 7 nitrogen and oxygen atoms in total. The van der Waals surface area contributed by atoms with E-state index in [9.17, 15) is 18.8 Å². The second-order valence-electron chi connectivity index (χ2n) is 4.22. The number of primary amides is 1. The number of ether oxygens (including phenoxy) is 1. The van der Waals surface area contributed by atoms with E-state index in [4.69, 9.17) is 15.6 Å². The van der Waals surface area contributed by atoms with Crippen molar-refractivity contribution in [2.24, 2.45) is 5.73 Å². The van der Waals surface area contributed by atoms with Gasteiger partial charge in [-0.1, -0.05) is 0 Å². The molecule has 0 spiro atoms. The van der Waals surface area contributed by atoms with Crippen molar-refractivity contribution in [1.29, 1.82) is 0 Å². The van der Waals surface area contributed by atoms with E-state index < -0.39 is 29.6 Å². The molecule has 0 aliphatic heterocycles. The molecule has 1 aromatic rings. The van der Waals surface area contributed by atoms with Gasteiger partial charge in [0.25, 0.3) is 5.91 Å². The molecule has 2 amide bonds. The van der Waals surface area contributed by atoms with Gasteiger partial charge < -0.3 is 20.9 Å². The predicted molar refractivity (Wildman–Crippen MR) is 70.3 cm³/mol. The average Bonchev–Trinajstić information content (AvgIpc) is 2.42. The summed E-state index contributed by atoms with van der Waals surface area (Å²) in [5.41, 5.74) is 4.60. The van der Waals surface area contributed by atoms with Gasteiger partial charge in [-0.3, -0.25) is 9.59 Å². The first-order valence-electron chi connectivity index (χ1n) is 6.00. The largest absolute Gasteiger partial charge is 0.497 e. The number of nitrogens with one attached hydrogen (secondary N) is 1. The highest BCUT2D eigenvalue weighted by molar-refractivity contribution is 5.97. The van der Waals surface area contributed by atoms with E-state index >= 15 is 0 Å². The van der Waals surface area contributed by atoms with E-state index in [0.717, 1.165) is 6.07 Å². The third kappa shape index (κ3) is 4.75. The van der Waals surface area contributed by atoms with E-state index in [1.165, 1.54) is 19.2 Å². The van der Waals surface area contributed by atoms with Gasteiger partial charge in [0.05, 0.1) is 12.7 Å². The molecule has 1 atom stereocenters. The summed E-state index contributed by atoms with van der Waals surface area (Å²) in [7, 11) is 1.35. The van der Waals surface area contributed by atoms with Crippen LogP contribution < -0.4 is 15.8 Å². The highest BCUT2D eigenvalue weighted by atomic mass is 19.1. The molecule has 0 saturated carbocycles. The lowest BCUT2D eigenvalue weighted by Gasteiger charge is -2.14. The quantitative estimate of drug-likeness (QED) is 0.668. The number of hydrogen-bond donors (Lipinski definition) is 3. The Morgan fingerprint density at radius 3 is 2.57 bits per heavy atom. The maximum absolute atomic E-state index is 13.7. The topological polar surface area (TPSA) is 119 Å². The minimum absolute atomic E-state index is 0.172. The number of benzene rings is 1. The van der Waals surface area contributed by atoms with Crippen molar-refractivity contribution in [2.45, 2.75) is 18.9 Å². The lowest BCUT2D eigenvalue weighted by molar-refractivity contribution is -0.139. The first-order valence-corrected chi connectivity index (χ1v) is 6.00. The third-order valence-corrected chi connectivity index (χ3v) is 2.70. The number of hydrogen-bond acceptors (Lipinski definition) is 4. The van der Waals surface area contributed by atoms with Crippen LogP contribution in [-0.4, -0.2) is 36.0 Å². The smallest absolute Gasteiger partial charge is 0.326 e. The Morgan fingerprint density at radius 2 is 2.10 bits per heavy atom. The molecule has 21 heavy (non-hydrogen) atoms. The number of methoxy groups -OCH3 is 1. The molecule has 114 valence electrons. The van der Waals surface area contributed by atoms with E-state index in [0.29, 0.717) is 0 Å². The first-order chi connectivity index (χ1) is 9.85. The van der Waals surface area contributed by atoms with Gasteiger partial charge in [0, 0.05) is 12.5 Å². The Morgan fingerprint density at radius 1 is 1.43 bits per heavy atom. The van der Waals surface area contributed by atoms with Crippen molar-refractivity contribution in [3.63, 3.8) is 0 Å². The fourth-order valence-corrected chi connectivity index (χ4v) is 1.59. The van der Waals surface area contributed by atoms with Crippen LogP contribution in [0.4, 0.5) is 4.39 Å². The van der Waals surface area contributed by atoms with Crippen LogP contribution in [0.1, 0.15) is 23.2 Å². The van der Waals surface area contributed by atoms with Crippen molar-refractivity contribution in [3.05, 3.63) is 29.6 Å². The van der Waals surface area contributed by atoms with Gasteiger partial charge in [0.15, 0.2) is 0 Å². The standard InChI is InChI=1S/C13H15FN2O5/c1-21-7-2-3-8(9(14)6-7)12(18)16-10(13(19)20)4-5-11(15)17/h2-3,6,10H,4-5H2,1H3,(H2,15,17)(H,16,18)(H,19,20)/t10-/m0/s1. The summed E-state index contributed by atoms with van der Waals surface area (Å²) in [6.45, 7) is 0. The van der Waals surface area contributed by atoms with Crippen molar-refractivity contribution in [1.82, 2.24) is 5.32 Å². The Hall–Kier alpha value is -2.64. The zero-order valence-corrected chi connectivity index (χ0v) is 11.3. The van der Waals surface area contributed by atoms with Crippen molar-refractivity contribution >= 4 is 17.8 Å². The third-order valence-electron chi connectivity index (χ3n) is 2.70. The molecule has 0 heterocycles. The summed E-state index contributed by atoms with van der Waals surface area (Å²) in [6, 6.07) is 2.23. The summed E-state index contributed by atoms with van der Waals surface area (Å²) in [5.74, 6) is -3.53.